The third kappa shape index (κ3) is 7.74. The van der Waals surface area contributed by atoms with E-state index in [1.807, 2.05) is 0 Å². The Morgan fingerprint density at radius 1 is 0.857 bits per heavy atom. The number of rotatable bonds is 11. The molecule has 0 saturated heterocycles. The average Bonchev–Trinajstić information content (AvgIpc) is 2.51. The smallest absolute Gasteiger partial charge is 0.115 e. The van der Waals surface area contributed by atoms with Gasteiger partial charge in [0.05, 0.1) is 5.71 Å². The molecule has 3 nitrogen and oxygen atoms in total. The van der Waals surface area contributed by atoms with Crippen molar-refractivity contribution in [2.24, 2.45) is 5.16 Å². The van der Waals surface area contributed by atoms with Gasteiger partial charge in [0.2, 0.25) is 0 Å². The number of phenols is 1. The van der Waals surface area contributed by atoms with Crippen LogP contribution in [0.5, 0.6) is 5.75 Å². The van der Waals surface area contributed by atoms with Crippen LogP contribution in [0.3, 0.4) is 0 Å². The number of unbranched alkanes of at least 4 members (excludes halogenated alkanes) is 8. The molecule has 3 heteroatoms. The van der Waals surface area contributed by atoms with Crippen molar-refractivity contribution in [3.05, 3.63) is 29.8 Å². The van der Waals surface area contributed by atoms with Crippen LogP contribution in [0.1, 0.15) is 76.7 Å². The fourth-order valence-corrected chi connectivity index (χ4v) is 2.51. The summed E-state index contributed by atoms with van der Waals surface area (Å²) in [5.74, 6) is 0.235. The summed E-state index contributed by atoms with van der Waals surface area (Å²) in [6, 6.07) is 6.82. The molecule has 1 aromatic carbocycles. The van der Waals surface area contributed by atoms with Crippen molar-refractivity contribution in [2.75, 3.05) is 0 Å². The Morgan fingerprint density at radius 3 is 1.90 bits per heavy atom. The van der Waals surface area contributed by atoms with Gasteiger partial charge in [0, 0.05) is 0 Å². The highest BCUT2D eigenvalue weighted by molar-refractivity contribution is 6.00. The van der Waals surface area contributed by atoms with Crippen molar-refractivity contribution in [2.45, 2.75) is 71.1 Å². The van der Waals surface area contributed by atoms with Crippen molar-refractivity contribution >= 4 is 5.71 Å². The van der Waals surface area contributed by atoms with Crippen LogP contribution in [-0.4, -0.2) is 16.0 Å². The largest absolute Gasteiger partial charge is 0.508 e. The van der Waals surface area contributed by atoms with Crippen LogP contribution >= 0.6 is 0 Å². The Labute approximate surface area is 128 Å². The number of benzene rings is 1. The summed E-state index contributed by atoms with van der Waals surface area (Å²) < 4.78 is 0. The van der Waals surface area contributed by atoms with Gasteiger partial charge in [0.15, 0.2) is 0 Å². The number of aromatic hydroxyl groups is 1. The number of phenolic OH excluding ortho intramolecular Hbond substituents is 1. The molecule has 0 spiro atoms. The maximum absolute atomic E-state index is 9.26. The highest BCUT2D eigenvalue weighted by Crippen LogP contribution is 2.15. The Balaban J connectivity index is 2.12. The normalized spacial score (nSPS) is 11.8. The molecule has 0 fully saturated rings. The molecule has 118 valence electrons. The van der Waals surface area contributed by atoms with Gasteiger partial charge in [-0.2, -0.15) is 0 Å². The summed E-state index contributed by atoms with van der Waals surface area (Å²) in [5, 5.41) is 21.7. The molecule has 2 N–H and O–H groups in total. The van der Waals surface area contributed by atoms with E-state index >= 15 is 0 Å². The molecule has 1 rings (SSSR count). The number of nitrogens with zero attached hydrogens (tertiary/aromatic N) is 1. The molecule has 0 saturated carbocycles. The Hall–Kier alpha value is -1.51. The second-order valence-corrected chi connectivity index (χ2v) is 5.67. The van der Waals surface area contributed by atoms with Gasteiger partial charge in [-0.3, -0.25) is 0 Å². The zero-order valence-corrected chi connectivity index (χ0v) is 13.2. The highest BCUT2D eigenvalue weighted by atomic mass is 16.4. The lowest BCUT2D eigenvalue weighted by Crippen LogP contribution is -2.00. The Kier molecular flexibility index (Phi) is 9.34. The van der Waals surface area contributed by atoms with E-state index in [1.165, 1.54) is 51.4 Å². The molecular weight excluding hydrogens is 262 g/mol. The highest BCUT2D eigenvalue weighted by Gasteiger charge is 2.04. The van der Waals surface area contributed by atoms with Gasteiger partial charge in [-0.05, 0) is 42.7 Å². The fourth-order valence-electron chi connectivity index (χ4n) is 2.51. The SMILES string of the molecule is CCCCCCCCCCC/C(=N\O)c1ccc(O)cc1. The van der Waals surface area contributed by atoms with Crippen molar-refractivity contribution < 1.29 is 10.3 Å². The molecule has 0 aliphatic rings. The van der Waals surface area contributed by atoms with Crippen molar-refractivity contribution in [3.63, 3.8) is 0 Å². The van der Waals surface area contributed by atoms with Crippen LogP contribution in [0.2, 0.25) is 0 Å². The Bertz CT molecular complexity index is 398. The van der Waals surface area contributed by atoms with Gasteiger partial charge in [-0.15, -0.1) is 0 Å². The van der Waals surface area contributed by atoms with Crippen LogP contribution < -0.4 is 0 Å². The lowest BCUT2D eigenvalue weighted by atomic mass is 10.0. The van der Waals surface area contributed by atoms with Gasteiger partial charge in [0.25, 0.3) is 0 Å². The second-order valence-electron chi connectivity index (χ2n) is 5.67. The van der Waals surface area contributed by atoms with Gasteiger partial charge in [-0.1, -0.05) is 63.4 Å². The molecular formula is C18H29NO2. The second kappa shape index (κ2) is 11.2. The van der Waals surface area contributed by atoms with Crippen molar-refractivity contribution in [1.29, 1.82) is 0 Å². The number of oxime groups is 1. The minimum absolute atomic E-state index is 0.235. The zero-order chi connectivity index (χ0) is 15.3. The fraction of sp³-hybridized carbons (Fsp3) is 0.611. The van der Waals surface area contributed by atoms with Crippen LogP contribution in [0.25, 0.3) is 0 Å². The van der Waals surface area contributed by atoms with Gasteiger partial charge in [-0.25, -0.2) is 0 Å². The predicted octanol–water partition coefficient (Wildman–Crippen LogP) is 5.49. The van der Waals surface area contributed by atoms with E-state index in [1.54, 1.807) is 24.3 Å². The van der Waals surface area contributed by atoms with E-state index < -0.39 is 0 Å². The minimum Gasteiger partial charge on any atom is -0.508 e. The molecule has 0 heterocycles. The topological polar surface area (TPSA) is 52.8 Å². The monoisotopic (exact) mass is 291 g/mol. The maximum Gasteiger partial charge on any atom is 0.115 e. The van der Waals surface area contributed by atoms with Gasteiger partial charge >= 0.3 is 0 Å². The quantitative estimate of drug-likeness (QED) is 0.245. The molecule has 0 aliphatic heterocycles. The summed E-state index contributed by atoms with van der Waals surface area (Å²) in [5.41, 5.74) is 1.59. The van der Waals surface area contributed by atoms with Crippen molar-refractivity contribution in [3.8, 4) is 5.75 Å². The lowest BCUT2D eigenvalue weighted by molar-refractivity contribution is 0.317. The lowest BCUT2D eigenvalue weighted by Gasteiger charge is -2.05. The predicted molar refractivity (Wildman–Crippen MR) is 88.3 cm³/mol. The summed E-state index contributed by atoms with van der Waals surface area (Å²) in [6.07, 6.45) is 12.4. The Morgan fingerprint density at radius 2 is 1.38 bits per heavy atom. The zero-order valence-electron chi connectivity index (χ0n) is 13.2. The summed E-state index contributed by atoms with van der Waals surface area (Å²) >= 11 is 0. The summed E-state index contributed by atoms with van der Waals surface area (Å²) in [7, 11) is 0. The first-order chi connectivity index (χ1) is 10.3. The van der Waals surface area contributed by atoms with E-state index in [-0.39, 0.29) is 5.75 Å². The van der Waals surface area contributed by atoms with E-state index in [4.69, 9.17) is 5.21 Å². The molecule has 0 unspecified atom stereocenters. The molecule has 0 amide bonds. The number of hydrogen-bond acceptors (Lipinski definition) is 3. The maximum atomic E-state index is 9.26. The van der Waals surface area contributed by atoms with E-state index in [0.717, 1.165) is 18.4 Å². The third-order valence-electron chi connectivity index (χ3n) is 3.84. The molecule has 21 heavy (non-hydrogen) atoms. The standard InChI is InChI=1S/C18H29NO2/c1-2-3-4-5-6-7-8-9-10-11-18(19-21)16-12-14-17(20)15-13-16/h12-15,20-21H,2-11H2,1H3/b19-18+. The van der Waals surface area contributed by atoms with E-state index in [2.05, 4.69) is 12.1 Å². The van der Waals surface area contributed by atoms with E-state index in [9.17, 15) is 5.11 Å². The molecule has 1 aromatic rings. The number of hydrogen-bond donors (Lipinski definition) is 2. The summed E-state index contributed by atoms with van der Waals surface area (Å²) in [4.78, 5) is 0. The molecule has 0 atom stereocenters. The van der Waals surface area contributed by atoms with Gasteiger partial charge in [0.1, 0.15) is 5.75 Å². The molecule has 0 bridgehead atoms. The summed E-state index contributed by atoms with van der Waals surface area (Å²) in [6.45, 7) is 2.24. The third-order valence-corrected chi connectivity index (χ3v) is 3.84. The van der Waals surface area contributed by atoms with Crippen LogP contribution in [0.15, 0.2) is 29.4 Å². The van der Waals surface area contributed by atoms with E-state index in [0.29, 0.717) is 5.71 Å². The molecule has 0 radical (unpaired) electrons. The molecule has 0 aromatic heterocycles. The van der Waals surface area contributed by atoms with Gasteiger partial charge < -0.3 is 10.3 Å². The van der Waals surface area contributed by atoms with Crippen LogP contribution in [-0.2, 0) is 0 Å². The van der Waals surface area contributed by atoms with Crippen molar-refractivity contribution in [1.82, 2.24) is 0 Å². The van der Waals surface area contributed by atoms with Crippen LogP contribution in [0, 0.1) is 0 Å². The first-order valence-electron chi connectivity index (χ1n) is 8.28. The minimum atomic E-state index is 0.235. The van der Waals surface area contributed by atoms with Crippen LogP contribution in [0.4, 0.5) is 0 Å². The first kappa shape index (κ1) is 17.5. The average molecular weight is 291 g/mol. The first-order valence-corrected chi connectivity index (χ1v) is 8.28. The molecule has 0 aliphatic carbocycles.